The Bertz CT molecular complexity index is 3470. The van der Waals surface area contributed by atoms with Gasteiger partial charge in [-0.3, -0.25) is 52.7 Å². The summed E-state index contributed by atoms with van der Waals surface area (Å²) in [6.45, 7) is 27.3. The Morgan fingerprint density at radius 1 is 0.543 bits per heavy atom. The zero-order chi connectivity index (χ0) is 80.3. The van der Waals surface area contributed by atoms with Gasteiger partial charge >= 0.3 is 0 Å². The number of aliphatic hydroxyl groups excluding tert-OH is 1. The van der Waals surface area contributed by atoms with Crippen LogP contribution in [0, 0.1) is 41.4 Å². The predicted octanol–water partition coefficient (Wildman–Crippen LogP) is 5.70. The molecule has 11 amide bonds. The van der Waals surface area contributed by atoms with Crippen LogP contribution in [0.25, 0.3) is 10.8 Å². The summed E-state index contributed by atoms with van der Waals surface area (Å²) < 4.78 is 32.9. The van der Waals surface area contributed by atoms with Gasteiger partial charge in [0.25, 0.3) is 15.9 Å². The molecule has 0 unspecified atom stereocenters. The fraction of sp³-hybridized carbons (Fsp3) is 0.701. The number of amides is 11. The first-order chi connectivity index (χ1) is 48.8. The van der Waals surface area contributed by atoms with Crippen LogP contribution in [0.3, 0.4) is 0 Å². The molecule has 28 heteroatoms. The number of allylic oxidation sites excluding steroid dienone is 2. The number of sulfonamides is 1. The van der Waals surface area contributed by atoms with Gasteiger partial charge in [-0.15, -0.1) is 0 Å². The molecule has 105 heavy (non-hydrogen) atoms. The molecule has 3 rings (SSSR count). The van der Waals surface area contributed by atoms with Crippen LogP contribution in [0.15, 0.2) is 53.4 Å². The van der Waals surface area contributed by atoms with Crippen molar-refractivity contribution >= 4 is 91.5 Å². The first kappa shape index (κ1) is 91.5. The molecule has 0 radical (unpaired) electrons. The lowest BCUT2D eigenvalue weighted by Gasteiger charge is -2.42. The molecule has 1 fully saturated rings. The Kier molecular flexibility index (Phi) is 35.6. The van der Waals surface area contributed by atoms with E-state index in [0.717, 1.165) is 19.6 Å². The third-order valence-electron chi connectivity index (χ3n) is 19.9. The zero-order valence-electron chi connectivity index (χ0n) is 67.6. The molecule has 592 valence electrons. The third-order valence-corrected chi connectivity index (χ3v) is 21.8. The van der Waals surface area contributed by atoms with Crippen LogP contribution in [-0.2, 0) is 62.8 Å². The molecular formula is C77H129N13O14S. The molecule has 2 aromatic carbocycles. The quantitative estimate of drug-likeness (QED) is 0.0697. The summed E-state index contributed by atoms with van der Waals surface area (Å²) in [6, 6.07) is -5.11. The molecule has 1 aliphatic rings. The van der Waals surface area contributed by atoms with E-state index >= 15 is 46.8 Å². The first-order valence-corrected chi connectivity index (χ1v) is 38.8. The van der Waals surface area contributed by atoms with Crippen molar-refractivity contribution in [1.29, 1.82) is 0 Å². The number of nitrogens with zero attached hydrogens (tertiary/aromatic N) is 9. The summed E-state index contributed by atoms with van der Waals surface area (Å²) in [7, 11) is 7.93. The Labute approximate surface area is 626 Å². The number of nitrogens with one attached hydrogen (secondary N) is 3. The van der Waals surface area contributed by atoms with Gasteiger partial charge in [-0.05, 0) is 132 Å². The van der Waals surface area contributed by atoms with Gasteiger partial charge in [0.1, 0.15) is 60.4 Å². The van der Waals surface area contributed by atoms with Crippen LogP contribution in [0.4, 0.5) is 5.69 Å². The number of benzene rings is 2. The summed E-state index contributed by atoms with van der Waals surface area (Å²) >= 11 is 0. The van der Waals surface area contributed by atoms with Crippen LogP contribution in [0.1, 0.15) is 169 Å². The van der Waals surface area contributed by atoms with Crippen molar-refractivity contribution in [3.8, 4) is 0 Å². The van der Waals surface area contributed by atoms with Crippen molar-refractivity contribution in [2.24, 2.45) is 47.2 Å². The van der Waals surface area contributed by atoms with E-state index in [0.29, 0.717) is 15.4 Å². The number of carbonyl (C=O) groups excluding carboxylic acids is 11. The van der Waals surface area contributed by atoms with E-state index in [1.807, 2.05) is 55.4 Å². The monoisotopic (exact) mass is 1490 g/mol. The van der Waals surface area contributed by atoms with Gasteiger partial charge in [0, 0.05) is 79.9 Å². The SMILES string of the molecule is C/C=C/C[C@@H](C)[C@@H](O)[C@H]1C(=O)N[C@@H](CC)C(=O)N(C)CC(=O)N(C)[C@@H](CC(C)C)C(=O)N[C@@H](C(C)C)C(=O)N(C)[C@@H](CC(C)C)C(=O)N[C@@H](C)C(=O)N(S(=O)(=O)c2cccc3c(N(C)C)cccc23)[C@H](CCCCN)C(=O)N(C)[C@@H](CC(C)C)C(=O)N(C)[C@@H](CC(C)C)C(=O)N(C)[C@@H](C(C)C)C(=O)N1C. The fourth-order valence-electron chi connectivity index (χ4n) is 13.6. The molecule has 0 bridgehead atoms. The average molecular weight is 1490 g/mol. The molecule has 1 aliphatic heterocycles. The number of carbonyl (C=O) groups is 11. The number of likely N-dealkylation sites (N-methyl/N-ethyl adjacent to an activating group) is 7. The van der Waals surface area contributed by atoms with Crippen molar-refractivity contribution < 1.29 is 66.3 Å². The normalized spacial score (nSPS) is 24.3. The summed E-state index contributed by atoms with van der Waals surface area (Å²) in [6.07, 6.45) is 2.35. The Morgan fingerprint density at radius 3 is 1.50 bits per heavy atom. The van der Waals surface area contributed by atoms with E-state index < -0.39 is 166 Å². The van der Waals surface area contributed by atoms with E-state index in [2.05, 4.69) is 16.0 Å². The highest BCUT2D eigenvalue weighted by Crippen LogP contribution is 2.35. The number of rotatable bonds is 22. The van der Waals surface area contributed by atoms with E-state index in [1.54, 1.807) is 104 Å². The van der Waals surface area contributed by atoms with Crippen molar-refractivity contribution in [2.75, 3.05) is 81.4 Å². The number of unbranched alkanes of at least 4 members (excludes halogenated alkanes) is 1. The van der Waals surface area contributed by atoms with Gasteiger partial charge in [-0.1, -0.05) is 133 Å². The average Bonchev–Trinajstić information content (AvgIpc) is 0.747. The van der Waals surface area contributed by atoms with Gasteiger partial charge in [-0.25, -0.2) is 12.7 Å². The highest BCUT2D eigenvalue weighted by Gasteiger charge is 2.49. The molecule has 0 spiro atoms. The number of aliphatic hydroxyl groups is 1. The second-order valence-corrected chi connectivity index (χ2v) is 33.1. The minimum atomic E-state index is -5.22. The maximum Gasteiger partial charge on any atom is 0.267 e. The second-order valence-electron chi connectivity index (χ2n) is 31.3. The molecule has 0 aliphatic carbocycles. The third kappa shape index (κ3) is 23.4. The Morgan fingerprint density at radius 2 is 1.01 bits per heavy atom. The van der Waals surface area contributed by atoms with E-state index in [-0.39, 0.29) is 98.3 Å². The van der Waals surface area contributed by atoms with Crippen LogP contribution in [-0.4, -0.2) is 260 Å². The molecule has 12 atom stereocenters. The molecule has 2 aromatic rings. The van der Waals surface area contributed by atoms with Crippen molar-refractivity contribution in [1.82, 2.24) is 54.6 Å². The zero-order valence-corrected chi connectivity index (χ0v) is 68.4. The number of anilines is 1. The molecule has 27 nitrogen and oxygen atoms in total. The number of hydrogen-bond acceptors (Lipinski definition) is 16. The molecule has 1 heterocycles. The van der Waals surface area contributed by atoms with Crippen molar-refractivity contribution in [2.45, 2.75) is 240 Å². The summed E-state index contributed by atoms with van der Waals surface area (Å²) in [5, 5.41) is 21.3. The van der Waals surface area contributed by atoms with Crippen LogP contribution >= 0.6 is 0 Å². The van der Waals surface area contributed by atoms with Crippen molar-refractivity contribution in [3.05, 3.63) is 48.6 Å². The summed E-state index contributed by atoms with van der Waals surface area (Å²) in [5.41, 5.74) is 6.72. The number of nitrogens with two attached hydrogens (primary N) is 1. The van der Waals surface area contributed by atoms with Crippen LogP contribution < -0.4 is 26.6 Å². The molecule has 0 saturated carbocycles. The predicted molar refractivity (Wildman–Crippen MR) is 410 cm³/mol. The number of hydrogen-bond donors (Lipinski definition) is 5. The van der Waals surface area contributed by atoms with Gasteiger partial charge in [-0.2, -0.15) is 0 Å². The van der Waals surface area contributed by atoms with Gasteiger partial charge in [0.2, 0.25) is 59.1 Å². The van der Waals surface area contributed by atoms with Gasteiger partial charge in [0.05, 0.1) is 17.5 Å². The van der Waals surface area contributed by atoms with Crippen molar-refractivity contribution in [3.63, 3.8) is 0 Å². The van der Waals surface area contributed by atoms with Gasteiger partial charge < -0.3 is 66.0 Å². The first-order valence-electron chi connectivity index (χ1n) is 37.3. The minimum Gasteiger partial charge on any atom is -0.390 e. The topological polar surface area (TPSA) is 333 Å². The molecule has 0 aromatic heterocycles. The highest BCUT2D eigenvalue weighted by molar-refractivity contribution is 7.90. The largest absolute Gasteiger partial charge is 0.390 e. The maximum atomic E-state index is 16.2. The van der Waals surface area contributed by atoms with Crippen LogP contribution in [0.5, 0.6) is 0 Å². The minimum absolute atomic E-state index is 0.00130. The Hall–Kier alpha value is -7.72. The molecule has 6 N–H and O–H groups in total. The lowest BCUT2D eigenvalue weighted by molar-refractivity contribution is -0.158. The second kappa shape index (κ2) is 40.8. The lowest BCUT2D eigenvalue weighted by Crippen LogP contribution is -2.63. The van der Waals surface area contributed by atoms with Crippen LogP contribution in [0.2, 0.25) is 0 Å². The van der Waals surface area contributed by atoms with E-state index in [9.17, 15) is 19.5 Å². The lowest BCUT2D eigenvalue weighted by atomic mass is 9.91. The van der Waals surface area contributed by atoms with E-state index in [1.165, 1.54) is 83.1 Å². The van der Waals surface area contributed by atoms with E-state index in [4.69, 9.17) is 5.73 Å². The Balaban J connectivity index is 2.61. The maximum absolute atomic E-state index is 16.2. The molecule has 1 saturated heterocycles. The smallest absolute Gasteiger partial charge is 0.267 e. The number of fused-ring (bicyclic) bond motifs is 1. The standard InChI is InChI=1S/C77H129N13O14S/c1-26-28-33-51(15)67(92)66-70(95)80-55(27-2)72(97)83(19)44-63(91)84(20)58(40-45(3)4)69(94)81-64(49(11)12)76(101)85(21)59(41-46(5)6)68(93)79-52(16)71(96)90(105(103,104)62-38-32-34-53-54(62)35-31-37-56(53)82(17)18)57(36-29-30-39-78)73(98)86(22)60(42-47(7)8)74(99)87(23)61(43-48(9)10)75(100)88(24)65(50(13)14)77(102)89(66)25/h26,28,31-32,34-35,37-38,45-52,55,57-61,64-67,92H,27,29-30,33,36,39-44,78H2,1-25H3,(H,79,93)(H,80,95)(H,81,94)/b28-26+/t51-,52+,55+,57-,58+,59+,60+,61+,64+,65+,66+,67-/m1/s1. The highest BCUT2D eigenvalue weighted by atomic mass is 32.2. The summed E-state index contributed by atoms with van der Waals surface area (Å²) in [5.74, 6) is -12.2. The fourth-order valence-corrected chi connectivity index (χ4v) is 15.5. The molecular weight excluding hydrogens is 1360 g/mol. The summed E-state index contributed by atoms with van der Waals surface area (Å²) in [4.78, 5) is 178. The van der Waals surface area contributed by atoms with Gasteiger partial charge in [0.15, 0.2) is 0 Å².